The Morgan fingerprint density at radius 1 is 1.20 bits per heavy atom. The Morgan fingerprint density at radius 3 is 2.55 bits per heavy atom. The van der Waals surface area contributed by atoms with Gasteiger partial charge in [0.1, 0.15) is 0 Å². The van der Waals surface area contributed by atoms with Crippen LogP contribution in [0.1, 0.15) is 11.1 Å². The van der Waals surface area contributed by atoms with Crippen LogP contribution < -0.4 is 5.32 Å². The standard InChI is InChI=1S/C16H17ClN2S/c1-12-8-9-14(10-15(12)17)18-16(20)19(2)11-13-6-4-3-5-7-13/h3-10H,11H2,1-2H3,(H,18,20). The van der Waals surface area contributed by atoms with Crippen LogP contribution in [0, 0.1) is 6.92 Å². The first-order valence-electron chi connectivity index (χ1n) is 6.38. The van der Waals surface area contributed by atoms with Gasteiger partial charge in [-0.2, -0.15) is 0 Å². The lowest BCUT2D eigenvalue weighted by molar-refractivity contribution is 0.508. The molecule has 0 saturated heterocycles. The van der Waals surface area contributed by atoms with E-state index in [1.807, 2.05) is 55.3 Å². The summed E-state index contributed by atoms with van der Waals surface area (Å²) in [6.07, 6.45) is 0. The fourth-order valence-corrected chi connectivity index (χ4v) is 2.18. The number of aryl methyl sites for hydroxylation is 1. The molecule has 0 radical (unpaired) electrons. The zero-order valence-corrected chi connectivity index (χ0v) is 13.1. The van der Waals surface area contributed by atoms with Crippen molar-refractivity contribution < 1.29 is 0 Å². The molecule has 2 aromatic carbocycles. The number of thiocarbonyl (C=S) groups is 1. The van der Waals surface area contributed by atoms with Crippen LogP contribution in [0.4, 0.5) is 5.69 Å². The lowest BCUT2D eigenvalue weighted by atomic mass is 10.2. The number of benzene rings is 2. The van der Waals surface area contributed by atoms with E-state index in [2.05, 4.69) is 17.4 Å². The second-order valence-electron chi connectivity index (χ2n) is 4.74. The molecule has 0 aliphatic rings. The smallest absolute Gasteiger partial charge is 0.173 e. The van der Waals surface area contributed by atoms with Crippen LogP contribution >= 0.6 is 23.8 Å². The van der Waals surface area contributed by atoms with Crippen molar-refractivity contribution >= 4 is 34.6 Å². The second-order valence-corrected chi connectivity index (χ2v) is 5.53. The molecule has 0 atom stereocenters. The Kier molecular flexibility index (Phi) is 4.99. The quantitative estimate of drug-likeness (QED) is 0.842. The predicted octanol–water partition coefficient (Wildman–Crippen LogP) is 4.48. The van der Waals surface area contributed by atoms with E-state index in [1.165, 1.54) is 5.56 Å². The molecule has 104 valence electrons. The summed E-state index contributed by atoms with van der Waals surface area (Å²) in [5, 5.41) is 4.62. The Morgan fingerprint density at radius 2 is 1.90 bits per heavy atom. The van der Waals surface area contributed by atoms with Crippen molar-refractivity contribution in [3.8, 4) is 0 Å². The number of hydrogen-bond acceptors (Lipinski definition) is 1. The molecular weight excluding hydrogens is 288 g/mol. The third-order valence-electron chi connectivity index (χ3n) is 3.03. The molecule has 0 amide bonds. The molecule has 2 nitrogen and oxygen atoms in total. The van der Waals surface area contributed by atoms with E-state index in [9.17, 15) is 0 Å². The van der Waals surface area contributed by atoms with E-state index in [-0.39, 0.29) is 0 Å². The molecule has 0 aliphatic carbocycles. The van der Waals surface area contributed by atoms with Gasteiger partial charge in [0.05, 0.1) is 0 Å². The summed E-state index contributed by atoms with van der Waals surface area (Å²) in [4.78, 5) is 2.00. The van der Waals surface area contributed by atoms with Crippen LogP contribution in [-0.2, 0) is 6.54 Å². The zero-order chi connectivity index (χ0) is 14.5. The van der Waals surface area contributed by atoms with Gasteiger partial charge in [0.2, 0.25) is 0 Å². The molecule has 4 heteroatoms. The topological polar surface area (TPSA) is 15.3 Å². The van der Waals surface area contributed by atoms with E-state index >= 15 is 0 Å². The third-order valence-corrected chi connectivity index (χ3v) is 3.85. The highest BCUT2D eigenvalue weighted by molar-refractivity contribution is 7.80. The Hall–Kier alpha value is -1.58. The molecule has 1 N–H and O–H groups in total. The number of rotatable bonds is 3. The zero-order valence-electron chi connectivity index (χ0n) is 11.6. The van der Waals surface area contributed by atoms with Gasteiger partial charge in [-0.25, -0.2) is 0 Å². The van der Waals surface area contributed by atoms with Crippen molar-refractivity contribution in [1.29, 1.82) is 0 Å². The van der Waals surface area contributed by atoms with Crippen LogP contribution in [0.15, 0.2) is 48.5 Å². The molecule has 2 aromatic rings. The van der Waals surface area contributed by atoms with Crippen LogP contribution in [0.3, 0.4) is 0 Å². The highest BCUT2D eigenvalue weighted by atomic mass is 35.5. The highest BCUT2D eigenvalue weighted by Gasteiger charge is 2.06. The average molecular weight is 305 g/mol. The lowest BCUT2D eigenvalue weighted by Crippen LogP contribution is -2.30. The summed E-state index contributed by atoms with van der Waals surface area (Å²) in [6.45, 7) is 2.75. The van der Waals surface area contributed by atoms with Crippen LogP contribution in [0.5, 0.6) is 0 Å². The van der Waals surface area contributed by atoms with Crippen molar-refractivity contribution in [1.82, 2.24) is 4.90 Å². The van der Waals surface area contributed by atoms with Gasteiger partial charge in [-0.05, 0) is 42.4 Å². The number of nitrogens with zero attached hydrogens (tertiary/aromatic N) is 1. The minimum absolute atomic E-state index is 0.675. The fourth-order valence-electron chi connectivity index (χ4n) is 1.82. The van der Waals surface area contributed by atoms with Gasteiger partial charge in [0, 0.05) is 24.3 Å². The third kappa shape index (κ3) is 3.95. The van der Waals surface area contributed by atoms with E-state index in [1.54, 1.807) is 0 Å². The molecule has 20 heavy (non-hydrogen) atoms. The maximum Gasteiger partial charge on any atom is 0.173 e. The normalized spacial score (nSPS) is 10.2. The van der Waals surface area contributed by atoms with Crippen molar-refractivity contribution in [3.05, 3.63) is 64.7 Å². The lowest BCUT2D eigenvalue weighted by Gasteiger charge is -2.21. The van der Waals surface area contributed by atoms with E-state index < -0.39 is 0 Å². The molecule has 0 aliphatic heterocycles. The number of anilines is 1. The molecule has 0 bridgehead atoms. The molecule has 0 spiro atoms. The van der Waals surface area contributed by atoms with Gasteiger partial charge in [-0.1, -0.05) is 48.0 Å². The van der Waals surface area contributed by atoms with Crippen molar-refractivity contribution in [2.45, 2.75) is 13.5 Å². The summed E-state index contributed by atoms with van der Waals surface area (Å²) >= 11 is 11.5. The first-order chi connectivity index (χ1) is 9.56. The van der Waals surface area contributed by atoms with Gasteiger partial charge in [0.25, 0.3) is 0 Å². The van der Waals surface area contributed by atoms with Gasteiger partial charge < -0.3 is 10.2 Å². The van der Waals surface area contributed by atoms with Crippen LogP contribution in [0.25, 0.3) is 0 Å². The minimum atomic E-state index is 0.675. The minimum Gasteiger partial charge on any atom is -0.348 e. The summed E-state index contributed by atoms with van der Waals surface area (Å²) < 4.78 is 0. The van der Waals surface area contributed by atoms with Gasteiger partial charge in [-0.3, -0.25) is 0 Å². The first-order valence-corrected chi connectivity index (χ1v) is 7.17. The second kappa shape index (κ2) is 6.73. The molecule has 2 rings (SSSR count). The monoisotopic (exact) mass is 304 g/mol. The van der Waals surface area contributed by atoms with Gasteiger partial charge in [-0.15, -0.1) is 0 Å². The van der Waals surface area contributed by atoms with Gasteiger partial charge >= 0.3 is 0 Å². The molecule has 0 fully saturated rings. The number of hydrogen-bond donors (Lipinski definition) is 1. The maximum atomic E-state index is 6.11. The molecule has 0 heterocycles. The van der Waals surface area contributed by atoms with Crippen molar-refractivity contribution in [3.63, 3.8) is 0 Å². The Bertz CT molecular complexity index is 599. The van der Waals surface area contributed by atoms with Gasteiger partial charge in [0.15, 0.2) is 5.11 Å². The predicted molar refractivity (Wildman–Crippen MR) is 90.3 cm³/mol. The summed E-state index contributed by atoms with van der Waals surface area (Å²) in [6, 6.07) is 16.1. The molecule has 0 aromatic heterocycles. The SMILES string of the molecule is Cc1ccc(NC(=S)N(C)Cc2ccccc2)cc1Cl. The first kappa shape index (κ1) is 14.8. The molecular formula is C16H17ClN2S. The van der Waals surface area contributed by atoms with Crippen LogP contribution in [-0.4, -0.2) is 17.1 Å². The average Bonchev–Trinajstić information content (AvgIpc) is 2.44. The van der Waals surface area contributed by atoms with Crippen LogP contribution in [0.2, 0.25) is 5.02 Å². The van der Waals surface area contributed by atoms with E-state index in [0.29, 0.717) is 5.11 Å². The Labute approximate surface area is 130 Å². The summed E-state index contributed by atoms with van der Waals surface area (Å²) in [5.74, 6) is 0. The van der Waals surface area contributed by atoms with E-state index in [4.69, 9.17) is 23.8 Å². The largest absolute Gasteiger partial charge is 0.348 e. The molecule has 0 saturated carbocycles. The number of halogens is 1. The van der Waals surface area contributed by atoms with Crippen molar-refractivity contribution in [2.75, 3.05) is 12.4 Å². The fraction of sp³-hybridized carbons (Fsp3) is 0.188. The summed E-state index contributed by atoms with van der Waals surface area (Å²) in [7, 11) is 1.97. The molecule has 0 unspecified atom stereocenters. The Balaban J connectivity index is 1.99. The van der Waals surface area contributed by atoms with E-state index in [0.717, 1.165) is 22.8 Å². The highest BCUT2D eigenvalue weighted by Crippen LogP contribution is 2.20. The maximum absolute atomic E-state index is 6.11. The summed E-state index contributed by atoms with van der Waals surface area (Å²) in [5.41, 5.74) is 3.19. The number of nitrogens with one attached hydrogen (secondary N) is 1. The van der Waals surface area contributed by atoms with Crippen molar-refractivity contribution in [2.24, 2.45) is 0 Å².